The average Bonchev–Trinajstić information content (AvgIpc) is 2.35. The van der Waals surface area contributed by atoms with E-state index in [9.17, 15) is 14.4 Å². The fourth-order valence-electron chi connectivity index (χ4n) is 2.39. The van der Waals surface area contributed by atoms with Crippen LogP contribution < -0.4 is 0 Å². The van der Waals surface area contributed by atoms with E-state index in [2.05, 4.69) is 0 Å². The molecule has 0 saturated carbocycles. The van der Waals surface area contributed by atoms with Crippen LogP contribution in [-0.4, -0.2) is 38.4 Å². The summed E-state index contributed by atoms with van der Waals surface area (Å²) in [4.78, 5) is 18.8. The van der Waals surface area contributed by atoms with Gasteiger partial charge in [-0.1, -0.05) is 13.8 Å². The van der Waals surface area contributed by atoms with Crippen molar-refractivity contribution < 1.29 is 27.6 Å². The van der Waals surface area contributed by atoms with Crippen molar-refractivity contribution in [3.63, 3.8) is 0 Å². The highest BCUT2D eigenvalue weighted by atomic mass is 31.2. The Kier molecular flexibility index (Phi) is 8.74. The van der Waals surface area contributed by atoms with Gasteiger partial charge in [-0.3, -0.25) is 4.57 Å². The molecule has 121 valence electrons. The average molecular weight is 327 g/mol. The van der Waals surface area contributed by atoms with E-state index in [0.717, 1.165) is 6.16 Å². The van der Waals surface area contributed by atoms with Gasteiger partial charge in [0, 0.05) is 19.8 Å². The van der Waals surface area contributed by atoms with Crippen molar-refractivity contribution in [1.82, 2.24) is 0 Å². The summed E-state index contributed by atoms with van der Waals surface area (Å²) in [5.74, 6) is 0. The maximum absolute atomic E-state index is 11.5. The molecule has 0 aliphatic rings. The zero-order valence-corrected chi connectivity index (χ0v) is 15.0. The predicted molar refractivity (Wildman–Crippen MR) is 80.3 cm³/mol. The summed E-state index contributed by atoms with van der Waals surface area (Å²) >= 11 is 0. The van der Waals surface area contributed by atoms with E-state index in [1.165, 1.54) is 0 Å². The maximum Gasteiger partial charge on any atom is 0.508 e. The van der Waals surface area contributed by atoms with Crippen molar-refractivity contribution in [3.8, 4) is 0 Å². The first-order valence-corrected chi connectivity index (χ1v) is 10.5. The number of rotatable bonds is 11. The van der Waals surface area contributed by atoms with Gasteiger partial charge in [-0.25, -0.2) is 0 Å². The second kappa shape index (κ2) is 8.63. The van der Waals surface area contributed by atoms with E-state index in [1.807, 2.05) is 34.6 Å². The molecular weight excluding hydrogens is 299 g/mol. The second-order valence-corrected chi connectivity index (χ2v) is 8.85. The van der Waals surface area contributed by atoms with E-state index >= 15 is 0 Å². The minimum atomic E-state index is -4.32. The quantitative estimate of drug-likeness (QED) is 0.448. The standard InChI is InChI=1S/C12H28O6PSi/c1-6-12(7-2,11-19(13,14)15)20(16-8-3,17-9-4)18-10-5/h11H,6-10H2,1-5H3,(H2,13,14,15). The van der Waals surface area contributed by atoms with Gasteiger partial charge in [0.05, 0.1) is 11.2 Å². The number of hydrogen-bond acceptors (Lipinski definition) is 4. The Morgan fingerprint density at radius 1 is 0.950 bits per heavy atom. The van der Waals surface area contributed by atoms with Crippen LogP contribution in [-0.2, 0) is 17.8 Å². The maximum atomic E-state index is 11.5. The first-order valence-electron chi connectivity index (χ1n) is 7.10. The van der Waals surface area contributed by atoms with Crippen molar-refractivity contribution in [3.05, 3.63) is 6.16 Å². The molecule has 6 nitrogen and oxygen atoms in total. The van der Waals surface area contributed by atoms with Gasteiger partial charge in [-0.15, -0.1) is 0 Å². The Bertz CT molecular complexity index is 298. The van der Waals surface area contributed by atoms with Gasteiger partial charge < -0.3 is 23.1 Å². The first kappa shape index (κ1) is 20.2. The molecule has 0 bridgehead atoms. The second-order valence-electron chi connectivity index (χ2n) is 4.44. The molecule has 0 aliphatic heterocycles. The van der Waals surface area contributed by atoms with Crippen LogP contribution in [0.5, 0.6) is 0 Å². The van der Waals surface area contributed by atoms with Gasteiger partial charge in [0.25, 0.3) is 0 Å². The molecule has 0 spiro atoms. The minimum absolute atomic E-state index is 0.378. The summed E-state index contributed by atoms with van der Waals surface area (Å²) in [7, 11) is -7.55. The van der Waals surface area contributed by atoms with E-state index in [1.54, 1.807) is 0 Å². The lowest BCUT2D eigenvalue weighted by Gasteiger charge is -2.44. The fraction of sp³-hybridized carbons (Fsp3) is 0.917. The lowest BCUT2D eigenvalue weighted by atomic mass is 10.1. The van der Waals surface area contributed by atoms with E-state index < -0.39 is 21.4 Å². The van der Waals surface area contributed by atoms with Gasteiger partial charge in [0.1, 0.15) is 0 Å². The zero-order valence-electron chi connectivity index (χ0n) is 13.1. The van der Waals surface area contributed by atoms with Crippen molar-refractivity contribution in [2.24, 2.45) is 0 Å². The topological polar surface area (TPSA) is 85.2 Å². The molecule has 0 unspecified atom stereocenters. The highest BCUT2D eigenvalue weighted by Crippen LogP contribution is 2.59. The van der Waals surface area contributed by atoms with Gasteiger partial charge in [-0.05, 0) is 33.6 Å². The van der Waals surface area contributed by atoms with Crippen LogP contribution in [0, 0.1) is 6.16 Å². The highest BCUT2D eigenvalue weighted by Gasteiger charge is 2.61. The summed E-state index contributed by atoms with van der Waals surface area (Å²) in [5.41, 5.74) is 0. The predicted octanol–water partition coefficient (Wildman–Crippen LogP) is 2.93. The Hall–Kier alpha value is 0.247. The molecule has 8 heteroatoms. The molecule has 0 rings (SSSR count). The summed E-state index contributed by atoms with van der Waals surface area (Å²) in [6, 6.07) is 0. The third-order valence-electron chi connectivity index (χ3n) is 3.29. The Morgan fingerprint density at radius 2 is 1.30 bits per heavy atom. The summed E-state index contributed by atoms with van der Waals surface area (Å²) < 4.78 is 29.0. The molecule has 0 heterocycles. The molecule has 0 aromatic rings. The molecule has 0 aromatic carbocycles. The Labute approximate surface area is 123 Å². The van der Waals surface area contributed by atoms with Crippen molar-refractivity contribution in [2.45, 2.75) is 52.5 Å². The molecule has 1 radical (unpaired) electrons. The molecule has 0 aliphatic carbocycles. The SMILES string of the molecule is CCO[Si](OCC)(OCC)C([CH]P(=O)(O)O)(CC)CC. The smallest absolute Gasteiger partial charge is 0.373 e. The zero-order chi connectivity index (χ0) is 15.9. The van der Waals surface area contributed by atoms with Gasteiger partial charge in [0.15, 0.2) is 0 Å². The highest BCUT2D eigenvalue weighted by molar-refractivity contribution is 7.54. The normalized spacial score (nSPS) is 13.8. The van der Waals surface area contributed by atoms with E-state index in [4.69, 9.17) is 13.3 Å². The van der Waals surface area contributed by atoms with E-state index in [-0.39, 0.29) is 0 Å². The molecule has 0 amide bonds. The molecule has 0 saturated heterocycles. The van der Waals surface area contributed by atoms with Crippen molar-refractivity contribution in [2.75, 3.05) is 19.8 Å². The fourth-order valence-corrected chi connectivity index (χ4v) is 7.66. The Balaban J connectivity index is 5.76. The summed E-state index contributed by atoms with van der Waals surface area (Å²) in [6.45, 7) is 10.4. The molecular formula is C12H28O6PSi. The van der Waals surface area contributed by atoms with Gasteiger partial charge in [-0.2, -0.15) is 0 Å². The molecule has 0 fully saturated rings. The van der Waals surface area contributed by atoms with Crippen LogP contribution in [0.2, 0.25) is 5.04 Å². The first-order chi connectivity index (χ1) is 9.26. The number of hydrogen-bond donors (Lipinski definition) is 2. The van der Waals surface area contributed by atoms with Gasteiger partial charge in [0.2, 0.25) is 0 Å². The molecule has 20 heavy (non-hydrogen) atoms. The summed E-state index contributed by atoms with van der Waals surface area (Å²) in [5, 5.41) is -0.881. The lowest BCUT2D eigenvalue weighted by Crippen LogP contribution is -2.56. The van der Waals surface area contributed by atoms with Crippen LogP contribution in [0.25, 0.3) is 0 Å². The van der Waals surface area contributed by atoms with Crippen LogP contribution >= 0.6 is 7.60 Å². The van der Waals surface area contributed by atoms with Crippen LogP contribution in [0.1, 0.15) is 47.5 Å². The van der Waals surface area contributed by atoms with Crippen molar-refractivity contribution in [1.29, 1.82) is 0 Å². The minimum Gasteiger partial charge on any atom is -0.373 e. The van der Waals surface area contributed by atoms with Crippen LogP contribution in [0.4, 0.5) is 0 Å². The lowest BCUT2D eigenvalue weighted by molar-refractivity contribution is 0.0465. The third kappa shape index (κ3) is 4.91. The summed E-state index contributed by atoms with van der Waals surface area (Å²) in [6.07, 6.45) is 2.05. The molecule has 0 atom stereocenters. The molecule has 0 aromatic heterocycles. The van der Waals surface area contributed by atoms with Crippen molar-refractivity contribution >= 4 is 16.4 Å². The monoisotopic (exact) mass is 327 g/mol. The van der Waals surface area contributed by atoms with Crippen LogP contribution in [0.15, 0.2) is 0 Å². The largest absolute Gasteiger partial charge is 0.508 e. The van der Waals surface area contributed by atoms with Gasteiger partial charge >= 0.3 is 16.4 Å². The third-order valence-corrected chi connectivity index (χ3v) is 8.44. The molecule has 2 N–H and O–H groups in total. The van der Waals surface area contributed by atoms with E-state index in [0.29, 0.717) is 32.7 Å². The Morgan fingerprint density at radius 3 is 1.50 bits per heavy atom. The van der Waals surface area contributed by atoms with Crippen LogP contribution in [0.3, 0.4) is 0 Å².